The van der Waals surface area contributed by atoms with E-state index in [-0.39, 0.29) is 17.9 Å². The summed E-state index contributed by atoms with van der Waals surface area (Å²) in [6.07, 6.45) is -3.13. The third kappa shape index (κ3) is 4.64. The normalized spacial score (nSPS) is 14.7. The first-order valence-electron chi connectivity index (χ1n) is 8.03. The second-order valence-electron chi connectivity index (χ2n) is 6.12. The number of halogens is 3. The molecule has 0 saturated heterocycles. The molecule has 28 heavy (non-hydrogen) atoms. The monoisotopic (exact) mass is 431 g/mol. The van der Waals surface area contributed by atoms with Crippen LogP contribution < -0.4 is 4.72 Å². The molecule has 0 amide bonds. The summed E-state index contributed by atoms with van der Waals surface area (Å²) in [4.78, 5) is 0. The Balaban J connectivity index is 1.74. The zero-order valence-electron chi connectivity index (χ0n) is 14.3. The Bertz CT molecular complexity index is 962. The molecule has 0 unspecified atom stereocenters. The lowest BCUT2D eigenvalue weighted by Crippen LogP contribution is -2.41. The number of nitrogens with one attached hydrogen (secondary N) is 1. The van der Waals surface area contributed by atoms with E-state index in [1.165, 1.54) is 23.7 Å². The minimum atomic E-state index is -4.49. The van der Waals surface area contributed by atoms with Gasteiger partial charge >= 0.3 is 6.18 Å². The van der Waals surface area contributed by atoms with E-state index in [0.29, 0.717) is 5.56 Å². The minimum absolute atomic E-state index is 0.170. The average molecular weight is 431 g/mol. The zero-order chi connectivity index (χ0) is 20.4. The van der Waals surface area contributed by atoms with Crippen molar-refractivity contribution in [3.63, 3.8) is 0 Å². The maximum Gasteiger partial charge on any atom is 0.416 e. The van der Waals surface area contributed by atoms with Crippen LogP contribution in [0.2, 0.25) is 0 Å². The van der Waals surface area contributed by atoms with Gasteiger partial charge in [0.25, 0.3) is 0 Å². The molecule has 1 atom stereocenters. The Morgan fingerprint density at radius 1 is 1.07 bits per heavy atom. The smallest absolute Gasteiger partial charge is 0.416 e. The van der Waals surface area contributed by atoms with E-state index >= 15 is 0 Å². The van der Waals surface area contributed by atoms with E-state index in [9.17, 15) is 26.7 Å². The number of furan rings is 1. The molecule has 0 aliphatic carbocycles. The van der Waals surface area contributed by atoms with Gasteiger partial charge in [0.15, 0.2) is 5.60 Å². The highest BCUT2D eigenvalue weighted by Gasteiger charge is 2.36. The number of benzene rings is 1. The topological polar surface area (TPSA) is 79.5 Å². The quantitative estimate of drug-likeness (QED) is 0.598. The molecule has 0 bridgehead atoms. The second kappa shape index (κ2) is 7.70. The summed E-state index contributed by atoms with van der Waals surface area (Å²) in [5.74, 6) is -0.355. The molecule has 1 aromatic carbocycles. The number of thiophene rings is 1. The van der Waals surface area contributed by atoms with Crippen molar-refractivity contribution in [3.8, 4) is 0 Å². The van der Waals surface area contributed by atoms with Gasteiger partial charge in [-0.2, -0.15) is 24.5 Å². The first kappa shape index (κ1) is 20.6. The van der Waals surface area contributed by atoms with Gasteiger partial charge in [-0.15, -0.1) is 0 Å². The van der Waals surface area contributed by atoms with Crippen LogP contribution in [0.3, 0.4) is 0 Å². The number of hydrogen-bond donors (Lipinski definition) is 2. The number of aliphatic hydroxyl groups is 1. The number of hydrogen-bond acceptors (Lipinski definition) is 5. The molecule has 2 aromatic heterocycles. The Morgan fingerprint density at radius 2 is 1.79 bits per heavy atom. The van der Waals surface area contributed by atoms with Crippen LogP contribution in [0.4, 0.5) is 13.2 Å². The van der Waals surface area contributed by atoms with E-state index in [1.54, 1.807) is 22.9 Å². The molecular weight excluding hydrogens is 415 g/mol. The Hall–Kier alpha value is -2.14. The van der Waals surface area contributed by atoms with Crippen molar-refractivity contribution in [1.82, 2.24) is 4.72 Å². The van der Waals surface area contributed by atoms with Crippen LogP contribution in [0.25, 0.3) is 0 Å². The first-order chi connectivity index (χ1) is 13.1. The molecular formula is C18H16F3NO4S2. The highest BCUT2D eigenvalue weighted by Crippen LogP contribution is 2.32. The predicted octanol–water partition coefficient (Wildman–Crippen LogP) is 3.72. The van der Waals surface area contributed by atoms with Gasteiger partial charge in [0, 0.05) is 5.56 Å². The Morgan fingerprint density at radius 3 is 2.32 bits per heavy atom. The molecule has 5 nitrogen and oxygen atoms in total. The maximum atomic E-state index is 12.6. The molecule has 0 fully saturated rings. The van der Waals surface area contributed by atoms with Gasteiger partial charge < -0.3 is 9.52 Å². The van der Waals surface area contributed by atoms with Crippen molar-refractivity contribution in [3.05, 3.63) is 81.9 Å². The van der Waals surface area contributed by atoms with Gasteiger partial charge in [-0.05, 0) is 46.7 Å². The Kier molecular flexibility index (Phi) is 5.67. The fourth-order valence-electron chi connectivity index (χ4n) is 2.62. The first-order valence-corrected chi connectivity index (χ1v) is 10.6. The summed E-state index contributed by atoms with van der Waals surface area (Å²) < 4.78 is 70.2. The van der Waals surface area contributed by atoms with Crippen molar-refractivity contribution in [1.29, 1.82) is 0 Å². The molecule has 3 rings (SSSR count). The molecule has 0 spiro atoms. The third-order valence-electron chi connectivity index (χ3n) is 4.11. The summed E-state index contributed by atoms with van der Waals surface area (Å²) in [5, 5.41) is 14.5. The largest absolute Gasteiger partial charge is 0.466 e. The molecule has 0 aliphatic rings. The van der Waals surface area contributed by atoms with Crippen LogP contribution in [0.1, 0.15) is 22.5 Å². The fourth-order valence-corrected chi connectivity index (χ4v) is 4.51. The SMILES string of the molecule is O=S(=O)(Cc1ccc(C(F)(F)F)cc1)NC[C@@](O)(c1ccsc1)c1ccco1. The van der Waals surface area contributed by atoms with E-state index in [4.69, 9.17) is 4.42 Å². The maximum absolute atomic E-state index is 12.6. The summed E-state index contributed by atoms with van der Waals surface area (Å²) in [5.41, 5.74) is -1.91. The molecule has 10 heteroatoms. The molecule has 150 valence electrons. The van der Waals surface area contributed by atoms with Crippen molar-refractivity contribution >= 4 is 21.4 Å². The fraction of sp³-hybridized carbons (Fsp3) is 0.222. The molecule has 0 aliphatic heterocycles. The number of alkyl halides is 3. The van der Waals surface area contributed by atoms with Crippen molar-refractivity contribution < 1.29 is 31.1 Å². The van der Waals surface area contributed by atoms with E-state index in [0.717, 1.165) is 24.3 Å². The molecule has 3 aromatic rings. The Labute approximate surface area is 163 Å². The summed E-state index contributed by atoms with van der Waals surface area (Å²) >= 11 is 1.33. The van der Waals surface area contributed by atoms with Gasteiger partial charge in [-0.3, -0.25) is 0 Å². The molecule has 2 N–H and O–H groups in total. The predicted molar refractivity (Wildman–Crippen MR) is 98.1 cm³/mol. The average Bonchev–Trinajstić information content (AvgIpc) is 3.33. The van der Waals surface area contributed by atoms with Gasteiger partial charge in [-0.1, -0.05) is 12.1 Å². The van der Waals surface area contributed by atoms with Crippen LogP contribution in [-0.2, 0) is 27.6 Å². The minimum Gasteiger partial charge on any atom is -0.466 e. The lowest BCUT2D eigenvalue weighted by molar-refractivity contribution is -0.137. The van der Waals surface area contributed by atoms with Crippen molar-refractivity contribution in [2.75, 3.05) is 6.54 Å². The second-order valence-corrected chi connectivity index (χ2v) is 8.71. The van der Waals surface area contributed by atoms with Crippen LogP contribution in [0, 0.1) is 0 Å². The highest BCUT2D eigenvalue weighted by atomic mass is 32.2. The molecule has 0 radical (unpaired) electrons. The summed E-state index contributed by atoms with van der Waals surface area (Å²) in [6, 6.07) is 8.63. The van der Waals surface area contributed by atoms with Gasteiger partial charge in [0.1, 0.15) is 5.76 Å². The van der Waals surface area contributed by atoms with Crippen LogP contribution >= 0.6 is 11.3 Å². The third-order valence-corrected chi connectivity index (χ3v) is 6.09. The van der Waals surface area contributed by atoms with Crippen LogP contribution in [0.15, 0.2) is 63.9 Å². The summed E-state index contributed by atoms with van der Waals surface area (Å²) in [6.45, 7) is -0.389. The van der Waals surface area contributed by atoms with E-state index < -0.39 is 33.1 Å². The summed E-state index contributed by atoms with van der Waals surface area (Å²) in [7, 11) is -3.93. The molecule has 2 heterocycles. The standard InChI is InChI=1S/C18H16F3NO4S2/c19-18(20,21)14-5-3-13(4-6-14)11-28(24,25)22-12-17(23,15-7-9-27-10-15)16-2-1-8-26-16/h1-10,22-23H,11-12H2/t17-/m1/s1. The number of sulfonamides is 1. The van der Waals surface area contributed by atoms with Gasteiger partial charge in [0.05, 0.1) is 24.1 Å². The van der Waals surface area contributed by atoms with Crippen molar-refractivity contribution in [2.45, 2.75) is 17.5 Å². The van der Waals surface area contributed by atoms with Crippen LogP contribution in [-0.4, -0.2) is 20.1 Å². The van der Waals surface area contributed by atoms with Crippen LogP contribution in [0.5, 0.6) is 0 Å². The molecule has 0 saturated carbocycles. The van der Waals surface area contributed by atoms with E-state index in [1.807, 2.05) is 0 Å². The lowest BCUT2D eigenvalue weighted by atomic mass is 9.94. The van der Waals surface area contributed by atoms with Gasteiger partial charge in [0.2, 0.25) is 10.0 Å². The van der Waals surface area contributed by atoms with Gasteiger partial charge in [-0.25, -0.2) is 13.1 Å². The number of rotatable bonds is 7. The highest BCUT2D eigenvalue weighted by molar-refractivity contribution is 7.88. The van der Waals surface area contributed by atoms with Crippen molar-refractivity contribution in [2.24, 2.45) is 0 Å². The lowest BCUT2D eigenvalue weighted by Gasteiger charge is -2.25. The zero-order valence-corrected chi connectivity index (χ0v) is 15.9. The van der Waals surface area contributed by atoms with E-state index in [2.05, 4.69) is 4.72 Å².